The van der Waals surface area contributed by atoms with Gasteiger partial charge in [0, 0.05) is 18.3 Å². The van der Waals surface area contributed by atoms with Gasteiger partial charge in [0.15, 0.2) is 0 Å². The number of hydrogen-bond acceptors (Lipinski definition) is 3. The molecule has 0 spiro atoms. The average Bonchev–Trinajstić information content (AvgIpc) is 2.47. The Labute approximate surface area is 133 Å². The van der Waals surface area contributed by atoms with E-state index in [0.717, 1.165) is 43.7 Å². The number of halogens is 1. The van der Waals surface area contributed by atoms with Crippen molar-refractivity contribution in [3.8, 4) is 5.75 Å². The number of ether oxygens (including phenoxy) is 2. The van der Waals surface area contributed by atoms with Gasteiger partial charge in [-0.05, 0) is 50.8 Å². The summed E-state index contributed by atoms with van der Waals surface area (Å²) in [5.41, 5.74) is 1.04. The predicted molar refractivity (Wildman–Crippen MR) is 88.5 cm³/mol. The zero-order chi connectivity index (χ0) is 15.3. The van der Waals surface area contributed by atoms with E-state index in [9.17, 15) is 0 Å². The topological polar surface area (TPSA) is 30.5 Å². The Hall–Kier alpha value is -0.930. The number of hydrogen-bond donors (Lipinski definition) is 1. The molecule has 4 heteroatoms. The van der Waals surface area contributed by atoms with Gasteiger partial charge in [-0.2, -0.15) is 0 Å². The molecule has 1 N–H and O–H groups in total. The van der Waals surface area contributed by atoms with E-state index in [-0.39, 0.29) is 5.60 Å². The number of nitrogens with one attached hydrogen (secondary N) is 1. The van der Waals surface area contributed by atoms with Crippen LogP contribution in [0.15, 0.2) is 18.2 Å². The Morgan fingerprint density at radius 2 is 2.24 bits per heavy atom. The van der Waals surface area contributed by atoms with Crippen LogP contribution in [0.2, 0.25) is 5.02 Å². The summed E-state index contributed by atoms with van der Waals surface area (Å²) in [6, 6.07) is 6.36. The minimum atomic E-state index is -0.0100. The van der Waals surface area contributed by atoms with Crippen LogP contribution in [0.5, 0.6) is 5.75 Å². The molecule has 21 heavy (non-hydrogen) atoms. The standard InChI is InChI=1S/C17H26ClNO2/c1-4-9-20-16-7-6-13(11-15(16)18)19-14-8-10-21-17(3,5-2)12-14/h6-7,11,14,19H,4-5,8-10,12H2,1-3H3. The lowest BCUT2D eigenvalue weighted by Crippen LogP contribution is -2.41. The van der Waals surface area contributed by atoms with Crippen molar-refractivity contribution in [2.45, 2.75) is 58.1 Å². The molecule has 1 fully saturated rings. The van der Waals surface area contributed by atoms with Crippen molar-refractivity contribution in [1.29, 1.82) is 0 Å². The van der Waals surface area contributed by atoms with Gasteiger partial charge in [-0.25, -0.2) is 0 Å². The highest BCUT2D eigenvalue weighted by Crippen LogP contribution is 2.32. The second kappa shape index (κ2) is 7.37. The lowest BCUT2D eigenvalue weighted by Gasteiger charge is -2.38. The molecule has 1 heterocycles. The SMILES string of the molecule is CCCOc1ccc(NC2CCOC(C)(CC)C2)cc1Cl. The first kappa shape index (κ1) is 16.4. The van der Waals surface area contributed by atoms with E-state index in [1.54, 1.807) is 0 Å². The van der Waals surface area contributed by atoms with E-state index in [1.165, 1.54) is 0 Å². The number of rotatable bonds is 6. The molecular formula is C17H26ClNO2. The average molecular weight is 312 g/mol. The Bertz CT molecular complexity index is 466. The lowest BCUT2D eigenvalue weighted by atomic mass is 9.90. The first-order valence-electron chi connectivity index (χ1n) is 7.89. The summed E-state index contributed by atoms with van der Waals surface area (Å²) in [5, 5.41) is 4.24. The summed E-state index contributed by atoms with van der Waals surface area (Å²) >= 11 is 6.28. The summed E-state index contributed by atoms with van der Waals surface area (Å²) in [5.74, 6) is 0.759. The molecular weight excluding hydrogens is 286 g/mol. The number of benzene rings is 1. The van der Waals surface area contributed by atoms with Crippen LogP contribution in [0.4, 0.5) is 5.69 Å². The highest BCUT2D eigenvalue weighted by atomic mass is 35.5. The largest absolute Gasteiger partial charge is 0.492 e. The highest BCUT2D eigenvalue weighted by Gasteiger charge is 2.31. The Kier molecular flexibility index (Phi) is 5.77. The van der Waals surface area contributed by atoms with Crippen LogP contribution >= 0.6 is 11.6 Å². The van der Waals surface area contributed by atoms with Crippen molar-refractivity contribution in [3.05, 3.63) is 23.2 Å². The van der Waals surface area contributed by atoms with E-state index >= 15 is 0 Å². The van der Waals surface area contributed by atoms with Crippen molar-refractivity contribution in [3.63, 3.8) is 0 Å². The van der Waals surface area contributed by atoms with Crippen LogP contribution < -0.4 is 10.1 Å². The van der Waals surface area contributed by atoms with Gasteiger partial charge in [-0.1, -0.05) is 25.4 Å². The quantitative estimate of drug-likeness (QED) is 0.811. The van der Waals surface area contributed by atoms with Gasteiger partial charge < -0.3 is 14.8 Å². The Morgan fingerprint density at radius 3 is 2.90 bits per heavy atom. The first-order chi connectivity index (χ1) is 10.1. The molecule has 2 atom stereocenters. The third-order valence-corrected chi connectivity index (χ3v) is 4.40. The normalized spacial score (nSPS) is 25.6. The molecule has 0 aromatic heterocycles. The fourth-order valence-electron chi connectivity index (χ4n) is 2.65. The summed E-state index contributed by atoms with van der Waals surface area (Å²) in [6.45, 7) is 7.96. The van der Waals surface area contributed by atoms with Crippen molar-refractivity contribution < 1.29 is 9.47 Å². The molecule has 0 radical (unpaired) electrons. The predicted octanol–water partition coefficient (Wildman–Crippen LogP) is 4.89. The lowest BCUT2D eigenvalue weighted by molar-refractivity contribution is -0.0708. The van der Waals surface area contributed by atoms with Crippen molar-refractivity contribution in [1.82, 2.24) is 0 Å². The molecule has 0 aliphatic carbocycles. The van der Waals surface area contributed by atoms with Gasteiger partial charge in [0.05, 0.1) is 17.2 Å². The third kappa shape index (κ3) is 4.52. The van der Waals surface area contributed by atoms with Crippen LogP contribution in [-0.2, 0) is 4.74 Å². The molecule has 1 aliphatic rings. The fourth-order valence-corrected chi connectivity index (χ4v) is 2.89. The molecule has 1 saturated heterocycles. The van der Waals surface area contributed by atoms with Gasteiger partial charge in [0.1, 0.15) is 5.75 Å². The number of anilines is 1. The minimum Gasteiger partial charge on any atom is -0.492 e. The van der Waals surface area contributed by atoms with E-state index in [2.05, 4.69) is 26.1 Å². The summed E-state index contributed by atoms with van der Waals surface area (Å²) < 4.78 is 11.5. The summed E-state index contributed by atoms with van der Waals surface area (Å²) in [4.78, 5) is 0. The Morgan fingerprint density at radius 1 is 1.43 bits per heavy atom. The Balaban J connectivity index is 1.98. The van der Waals surface area contributed by atoms with Crippen molar-refractivity contribution in [2.24, 2.45) is 0 Å². The van der Waals surface area contributed by atoms with E-state index in [4.69, 9.17) is 21.1 Å². The molecule has 2 rings (SSSR count). The molecule has 3 nitrogen and oxygen atoms in total. The van der Waals surface area contributed by atoms with Crippen molar-refractivity contribution in [2.75, 3.05) is 18.5 Å². The molecule has 1 aromatic rings. The first-order valence-corrected chi connectivity index (χ1v) is 8.27. The maximum Gasteiger partial charge on any atom is 0.138 e. The van der Waals surface area contributed by atoms with Gasteiger partial charge in [-0.3, -0.25) is 0 Å². The second-order valence-corrected chi connectivity index (χ2v) is 6.39. The molecule has 0 saturated carbocycles. The molecule has 1 aliphatic heterocycles. The van der Waals surface area contributed by atoms with Gasteiger partial charge in [0.2, 0.25) is 0 Å². The van der Waals surface area contributed by atoms with E-state index in [0.29, 0.717) is 17.7 Å². The monoisotopic (exact) mass is 311 g/mol. The second-order valence-electron chi connectivity index (χ2n) is 5.98. The maximum absolute atomic E-state index is 6.28. The van der Waals surface area contributed by atoms with Gasteiger partial charge in [0.25, 0.3) is 0 Å². The van der Waals surface area contributed by atoms with Crippen LogP contribution in [0.3, 0.4) is 0 Å². The van der Waals surface area contributed by atoms with E-state index < -0.39 is 0 Å². The van der Waals surface area contributed by atoms with Crippen LogP contribution in [0.1, 0.15) is 46.5 Å². The summed E-state index contributed by atoms with van der Waals surface area (Å²) in [6.07, 6.45) is 4.07. The van der Waals surface area contributed by atoms with Gasteiger partial charge >= 0.3 is 0 Å². The maximum atomic E-state index is 6.28. The van der Waals surface area contributed by atoms with Crippen LogP contribution in [0, 0.1) is 0 Å². The third-order valence-electron chi connectivity index (χ3n) is 4.11. The van der Waals surface area contributed by atoms with E-state index in [1.807, 2.05) is 18.2 Å². The van der Waals surface area contributed by atoms with Crippen molar-refractivity contribution >= 4 is 17.3 Å². The van der Waals surface area contributed by atoms with Crippen LogP contribution in [0.25, 0.3) is 0 Å². The molecule has 0 amide bonds. The fraction of sp³-hybridized carbons (Fsp3) is 0.647. The molecule has 1 aromatic carbocycles. The molecule has 118 valence electrons. The van der Waals surface area contributed by atoms with Gasteiger partial charge in [-0.15, -0.1) is 0 Å². The highest BCUT2D eigenvalue weighted by molar-refractivity contribution is 6.32. The smallest absolute Gasteiger partial charge is 0.138 e. The van der Waals surface area contributed by atoms with Crippen LogP contribution in [-0.4, -0.2) is 24.9 Å². The zero-order valence-electron chi connectivity index (χ0n) is 13.2. The molecule has 2 unspecified atom stereocenters. The minimum absolute atomic E-state index is 0.0100. The molecule has 0 bridgehead atoms. The summed E-state index contributed by atoms with van der Waals surface area (Å²) in [7, 11) is 0. The zero-order valence-corrected chi connectivity index (χ0v) is 14.0.